The quantitative estimate of drug-likeness (QED) is 0.477. The Morgan fingerprint density at radius 3 is 2.77 bits per heavy atom. The molecule has 0 atom stereocenters. The predicted molar refractivity (Wildman–Crippen MR) is 98.0 cm³/mol. The van der Waals surface area contributed by atoms with E-state index in [4.69, 9.17) is 9.47 Å². The minimum Gasteiger partial charge on any atom is -0.489 e. The van der Waals surface area contributed by atoms with Gasteiger partial charge in [0, 0.05) is 4.90 Å². The predicted octanol–water partition coefficient (Wildman–Crippen LogP) is 3.17. The van der Waals surface area contributed by atoms with Gasteiger partial charge in [-0.2, -0.15) is 0 Å². The van der Waals surface area contributed by atoms with Gasteiger partial charge >= 0.3 is 5.97 Å². The van der Waals surface area contributed by atoms with Crippen molar-refractivity contribution in [3.63, 3.8) is 0 Å². The number of esters is 1. The van der Waals surface area contributed by atoms with E-state index >= 15 is 0 Å². The summed E-state index contributed by atoms with van der Waals surface area (Å²) in [6.45, 7) is 1.65. The number of thioether (sulfide) groups is 1. The number of anilines is 1. The van der Waals surface area contributed by atoms with E-state index in [1.54, 1.807) is 42.5 Å². The summed E-state index contributed by atoms with van der Waals surface area (Å²) >= 11 is 1.43. The number of benzene rings is 2. The van der Waals surface area contributed by atoms with E-state index in [0.717, 1.165) is 4.90 Å². The fourth-order valence-electron chi connectivity index (χ4n) is 2.46. The molecule has 1 heterocycles. The van der Waals surface area contributed by atoms with Crippen LogP contribution in [0.15, 0.2) is 47.4 Å². The van der Waals surface area contributed by atoms with Crippen LogP contribution in [0.5, 0.6) is 5.75 Å². The van der Waals surface area contributed by atoms with Crippen LogP contribution in [0, 0.1) is 0 Å². The van der Waals surface area contributed by atoms with Crippen LogP contribution < -0.4 is 10.1 Å². The lowest BCUT2D eigenvalue weighted by molar-refractivity contribution is -0.113. The molecule has 7 heteroatoms. The molecule has 26 heavy (non-hydrogen) atoms. The molecule has 134 valence electrons. The van der Waals surface area contributed by atoms with Crippen molar-refractivity contribution in [2.24, 2.45) is 0 Å². The highest BCUT2D eigenvalue weighted by Crippen LogP contribution is 2.32. The van der Waals surface area contributed by atoms with Gasteiger partial charge in [-0.05, 0) is 37.3 Å². The molecule has 0 saturated carbocycles. The minimum absolute atomic E-state index is 0.0449. The fraction of sp³-hybridized carbons (Fsp3) is 0.211. The SMILES string of the molecule is CC(=O)c1ccccc1OCCOC(=O)c1ccc2c(c1)NC(=O)CS2. The third-order valence-corrected chi connectivity index (χ3v) is 4.76. The van der Waals surface area contributed by atoms with Crippen molar-refractivity contribution >= 4 is 35.1 Å². The Kier molecular flexibility index (Phi) is 5.58. The number of ether oxygens (including phenoxy) is 2. The summed E-state index contributed by atoms with van der Waals surface area (Å²) in [5.41, 5.74) is 1.46. The average Bonchev–Trinajstić information content (AvgIpc) is 2.64. The zero-order valence-corrected chi connectivity index (χ0v) is 14.9. The van der Waals surface area contributed by atoms with Crippen LogP contribution in [0.2, 0.25) is 0 Å². The summed E-state index contributed by atoms with van der Waals surface area (Å²) < 4.78 is 10.7. The molecule has 0 spiro atoms. The Balaban J connectivity index is 1.54. The molecule has 0 radical (unpaired) electrons. The van der Waals surface area contributed by atoms with Crippen molar-refractivity contribution in [2.75, 3.05) is 24.3 Å². The largest absolute Gasteiger partial charge is 0.489 e. The number of nitrogens with one attached hydrogen (secondary N) is 1. The zero-order valence-electron chi connectivity index (χ0n) is 14.1. The number of amides is 1. The molecule has 3 rings (SSSR count). The van der Waals surface area contributed by atoms with Crippen LogP contribution in [-0.4, -0.2) is 36.6 Å². The zero-order chi connectivity index (χ0) is 18.5. The van der Waals surface area contributed by atoms with E-state index < -0.39 is 5.97 Å². The van der Waals surface area contributed by atoms with Gasteiger partial charge in [-0.3, -0.25) is 9.59 Å². The van der Waals surface area contributed by atoms with E-state index in [-0.39, 0.29) is 24.9 Å². The number of carbonyl (C=O) groups is 3. The summed E-state index contributed by atoms with van der Waals surface area (Å²) in [6, 6.07) is 12.0. The maximum Gasteiger partial charge on any atom is 0.338 e. The molecule has 0 saturated heterocycles. The maximum absolute atomic E-state index is 12.1. The second kappa shape index (κ2) is 8.05. The van der Waals surface area contributed by atoms with E-state index in [1.807, 2.05) is 0 Å². The molecule has 1 aliphatic heterocycles. The first-order valence-electron chi connectivity index (χ1n) is 8.01. The van der Waals surface area contributed by atoms with E-state index in [0.29, 0.717) is 28.3 Å². The lowest BCUT2D eigenvalue weighted by atomic mass is 10.1. The molecule has 0 aliphatic carbocycles. The van der Waals surface area contributed by atoms with Crippen molar-refractivity contribution in [2.45, 2.75) is 11.8 Å². The van der Waals surface area contributed by atoms with Crippen molar-refractivity contribution in [3.05, 3.63) is 53.6 Å². The van der Waals surface area contributed by atoms with Crippen LogP contribution in [0.3, 0.4) is 0 Å². The molecule has 1 aliphatic rings. The van der Waals surface area contributed by atoms with Gasteiger partial charge in [-0.25, -0.2) is 4.79 Å². The molecule has 0 unspecified atom stereocenters. The lowest BCUT2D eigenvalue weighted by Crippen LogP contribution is -2.19. The Labute approximate surface area is 154 Å². The van der Waals surface area contributed by atoms with Crippen molar-refractivity contribution < 1.29 is 23.9 Å². The standard InChI is InChI=1S/C19H17NO5S/c1-12(21)14-4-2-3-5-16(14)24-8-9-25-19(23)13-6-7-17-15(10-13)20-18(22)11-26-17/h2-7,10H,8-9,11H2,1H3,(H,20,22). The van der Waals surface area contributed by atoms with Gasteiger partial charge in [0.15, 0.2) is 5.78 Å². The normalized spacial score (nSPS) is 12.7. The molecule has 6 nitrogen and oxygen atoms in total. The molecule has 1 amide bonds. The van der Waals surface area contributed by atoms with Crippen LogP contribution in [-0.2, 0) is 9.53 Å². The van der Waals surface area contributed by atoms with Crippen LogP contribution in [0.1, 0.15) is 27.6 Å². The van der Waals surface area contributed by atoms with Crippen LogP contribution in [0.25, 0.3) is 0 Å². The monoisotopic (exact) mass is 371 g/mol. The number of hydrogen-bond donors (Lipinski definition) is 1. The maximum atomic E-state index is 12.1. The Morgan fingerprint density at radius 1 is 1.15 bits per heavy atom. The van der Waals surface area contributed by atoms with Crippen molar-refractivity contribution in [1.82, 2.24) is 0 Å². The average molecular weight is 371 g/mol. The summed E-state index contributed by atoms with van der Waals surface area (Å²) in [6.07, 6.45) is 0. The first-order valence-corrected chi connectivity index (χ1v) is 9.00. The van der Waals surface area contributed by atoms with Crippen LogP contribution >= 0.6 is 11.8 Å². The third kappa shape index (κ3) is 4.23. The third-order valence-electron chi connectivity index (χ3n) is 3.69. The summed E-state index contributed by atoms with van der Waals surface area (Å²) in [7, 11) is 0. The van der Waals surface area contributed by atoms with Gasteiger partial charge < -0.3 is 14.8 Å². The Hall–Kier alpha value is -2.80. The van der Waals surface area contributed by atoms with Gasteiger partial charge in [-0.1, -0.05) is 12.1 Å². The number of para-hydroxylation sites is 1. The van der Waals surface area contributed by atoms with E-state index in [1.165, 1.54) is 18.7 Å². The summed E-state index contributed by atoms with van der Waals surface area (Å²) in [4.78, 5) is 36.0. The van der Waals surface area contributed by atoms with E-state index in [9.17, 15) is 14.4 Å². The number of Topliss-reactive ketones (excluding diaryl/α,β-unsaturated/α-hetero) is 1. The van der Waals surface area contributed by atoms with Crippen molar-refractivity contribution in [1.29, 1.82) is 0 Å². The lowest BCUT2D eigenvalue weighted by Gasteiger charge is -2.16. The molecule has 2 aromatic rings. The number of hydrogen-bond acceptors (Lipinski definition) is 6. The van der Waals surface area contributed by atoms with Gasteiger partial charge in [-0.15, -0.1) is 11.8 Å². The molecule has 1 N–H and O–H groups in total. The highest BCUT2D eigenvalue weighted by molar-refractivity contribution is 8.00. The fourth-order valence-corrected chi connectivity index (χ4v) is 3.25. The highest BCUT2D eigenvalue weighted by Gasteiger charge is 2.18. The molecular weight excluding hydrogens is 354 g/mol. The highest BCUT2D eigenvalue weighted by atomic mass is 32.2. The van der Waals surface area contributed by atoms with Gasteiger partial charge in [0.05, 0.1) is 22.6 Å². The first-order chi connectivity index (χ1) is 12.5. The molecule has 2 aromatic carbocycles. The Bertz CT molecular complexity index is 865. The number of carbonyl (C=O) groups excluding carboxylic acids is 3. The van der Waals surface area contributed by atoms with Gasteiger partial charge in [0.25, 0.3) is 0 Å². The summed E-state index contributed by atoms with van der Waals surface area (Å²) in [5.74, 6) is 0.151. The van der Waals surface area contributed by atoms with Gasteiger partial charge in [0.1, 0.15) is 19.0 Å². The van der Waals surface area contributed by atoms with E-state index in [2.05, 4.69) is 5.32 Å². The molecule has 0 fully saturated rings. The summed E-state index contributed by atoms with van der Waals surface area (Å²) in [5, 5.41) is 2.74. The molecule has 0 aromatic heterocycles. The number of rotatable bonds is 6. The number of ketones is 1. The van der Waals surface area contributed by atoms with Gasteiger partial charge in [0.2, 0.25) is 5.91 Å². The minimum atomic E-state index is -0.499. The topological polar surface area (TPSA) is 81.7 Å². The smallest absolute Gasteiger partial charge is 0.338 e. The second-order valence-electron chi connectivity index (χ2n) is 5.58. The number of fused-ring (bicyclic) bond motifs is 1. The molecular formula is C19H17NO5S. The Morgan fingerprint density at radius 2 is 1.96 bits per heavy atom. The first kappa shape index (κ1) is 18.0. The van der Waals surface area contributed by atoms with Crippen molar-refractivity contribution in [3.8, 4) is 5.75 Å². The molecule has 0 bridgehead atoms. The van der Waals surface area contributed by atoms with Crippen LogP contribution in [0.4, 0.5) is 5.69 Å². The second-order valence-corrected chi connectivity index (χ2v) is 6.60.